The van der Waals surface area contributed by atoms with Crippen LogP contribution in [0.2, 0.25) is 0 Å². The summed E-state index contributed by atoms with van der Waals surface area (Å²) in [5, 5.41) is 27.4. The third kappa shape index (κ3) is 4.21. The number of anilines is 2. The highest BCUT2D eigenvalue weighted by molar-refractivity contribution is 5.71. The molecule has 0 radical (unpaired) electrons. The van der Waals surface area contributed by atoms with Gasteiger partial charge in [-0.15, -0.1) is 12.2 Å². The Morgan fingerprint density at radius 3 is 1.39 bits per heavy atom. The standard InChI is InChI=1S/C34H44N2O2/c1-7-9-19-35-27-17-13-11-15-25(27)33(3,4)29(35)21-23-31(37)24(32(23)38)22-30-34(5,6)26-16-12-14-18-28(26)36(30)20-10-8-2/h11-18,21-24,31-32H,7-10,19-20H2,1-6H3/q-2. The minimum absolute atomic E-state index is 0.223. The average Bonchev–Trinajstić information content (AvgIpc) is 3.26. The van der Waals surface area contributed by atoms with Crippen molar-refractivity contribution in [3.05, 3.63) is 83.2 Å². The van der Waals surface area contributed by atoms with Gasteiger partial charge < -0.3 is 20.0 Å². The summed E-state index contributed by atoms with van der Waals surface area (Å²) in [5.41, 5.74) is 6.81. The molecule has 0 spiro atoms. The summed E-state index contributed by atoms with van der Waals surface area (Å²) in [6.07, 6.45) is 6.64. The van der Waals surface area contributed by atoms with Crippen LogP contribution in [-0.2, 0) is 10.8 Å². The molecule has 1 aliphatic carbocycles. The predicted octanol–water partition coefficient (Wildman–Crippen LogP) is 5.65. The quantitative estimate of drug-likeness (QED) is 0.458. The van der Waals surface area contributed by atoms with Crippen molar-refractivity contribution in [1.82, 2.24) is 0 Å². The molecule has 2 aromatic rings. The van der Waals surface area contributed by atoms with E-state index in [1.165, 1.54) is 22.5 Å². The number of hydrogen-bond donors (Lipinski definition) is 0. The summed E-state index contributed by atoms with van der Waals surface area (Å²) in [4.78, 5) is 4.74. The molecule has 0 amide bonds. The van der Waals surface area contributed by atoms with Crippen molar-refractivity contribution in [2.75, 3.05) is 22.9 Å². The summed E-state index contributed by atoms with van der Waals surface area (Å²) in [6, 6.07) is 17.1. The first kappa shape index (κ1) is 27.0. The molecule has 0 unspecified atom stereocenters. The monoisotopic (exact) mass is 512 g/mol. The molecule has 1 saturated carbocycles. The van der Waals surface area contributed by atoms with Gasteiger partial charge in [0.25, 0.3) is 0 Å². The molecule has 38 heavy (non-hydrogen) atoms. The van der Waals surface area contributed by atoms with Crippen LogP contribution in [0.25, 0.3) is 0 Å². The van der Waals surface area contributed by atoms with Crippen LogP contribution in [0.5, 0.6) is 0 Å². The molecule has 4 nitrogen and oxygen atoms in total. The van der Waals surface area contributed by atoms with Crippen LogP contribution in [-0.4, -0.2) is 25.3 Å². The Bertz CT molecular complexity index is 1120. The van der Waals surface area contributed by atoms with Gasteiger partial charge in [-0.2, -0.15) is 0 Å². The Labute approximate surface area is 229 Å². The predicted molar refractivity (Wildman–Crippen MR) is 154 cm³/mol. The van der Waals surface area contributed by atoms with Gasteiger partial charge in [-0.3, -0.25) is 0 Å². The Balaban J connectivity index is 1.45. The maximum Gasteiger partial charge on any atom is 0.0450 e. The number of para-hydroxylation sites is 2. The van der Waals surface area contributed by atoms with Crippen molar-refractivity contribution in [3.8, 4) is 0 Å². The van der Waals surface area contributed by atoms with E-state index in [0.29, 0.717) is 0 Å². The van der Waals surface area contributed by atoms with Crippen LogP contribution >= 0.6 is 0 Å². The number of allylic oxidation sites excluding steroid dienone is 2. The maximum atomic E-state index is 13.7. The van der Waals surface area contributed by atoms with E-state index < -0.39 is 24.0 Å². The Hall–Kier alpha value is -2.56. The van der Waals surface area contributed by atoms with Gasteiger partial charge in [-0.05, 0) is 47.9 Å². The van der Waals surface area contributed by atoms with Crippen molar-refractivity contribution >= 4 is 11.4 Å². The summed E-state index contributed by atoms with van der Waals surface area (Å²) in [7, 11) is 0. The molecule has 2 aromatic carbocycles. The lowest BCUT2D eigenvalue weighted by atomic mass is 9.66. The van der Waals surface area contributed by atoms with Gasteiger partial charge in [-0.25, -0.2) is 0 Å². The van der Waals surface area contributed by atoms with Crippen molar-refractivity contribution in [1.29, 1.82) is 0 Å². The van der Waals surface area contributed by atoms with E-state index in [2.05, 4.69) is 112 Å². The lowest BCUT2D eigenvalue weighted by Gasteiger charge is -2.60. The molecule has 5 rings (SSSR count). The zero-order valence-electron chi connectivity index (χ0n) is 24.0. The van der Waals surface area contributed by atoms with E-state index in [1.807, 2.05) is 0 Å². The number of rotatable bonds is 8. The second-order valence-electron chi connectivity index (χ2n) is 12.5. The molecular weight excluding hydrogens is 468 g/mol. The number of nitrogens with zero attached hydrogens (tertiary/aromatic N) is 2. The van der Waals surface area contributed by atoms with E-state index in [4.69, 9.17) is 0 Å². The third-order valence-corrected chi connectivity index (χ3v) is 9.29. The molecule has 204 valence electrons. The summed E-state index contributed by atoms with van der Waals surface area (Å²) in [5.74, 6) is -0.999. The van der Waals surface area contributed by atoms with Crippen LogP contribution in [0.1, 0.15) is 78.4 Å². The van der Waals surface area contributed by atoms with Crippen LogP contribution in [0.4, 0.5) is 11.4 Å². The van der Waals surface area contributed by atoms with Crippen molar-refractivity contribution in [3.63, 3.8) is 0 Å². The van der Waals surface area contributed by atoms with E-state index >= 15 is 0 Å². The minimum Gasteiger partial charge on any atom is -0.851 e. The maximum absolute atomic E-state index is 13.7. The highest BCUT2D eigenvalue weighted by Crippen LogP contribution is 2.51. The zero-order valence-corrected chi connectivity index (χ0v) is 24.0. The highest BCUT2D eigenvalue weighted by atomic mass is 16.3. The van der Waals surface area contributed by atoms with E-state index in [1.54, 1.807) is 0 Å². The summed E-state index contributed by atoms with van der Waals surface area (Å²) >= 11 is 0. The third-order valence-electron chi connectivity index (χ3n) is 9.29. The molecule has 0 saturated heterocycles. The molecule has 0 aromatic heterocycles. The van der Waals surface area contributed by atoms with E-state index in [0.717, 1.165) is 50.2 Å². The van der Waals surface area contributed by atoms with Gasteiger partial charge >= 0.3 is 0 Å². The van der Waals surface area contributed by atoms with Crippen molar-refractivity contribution < 1.29 is 10.2 Å². The van der Waals surface area contributed by atoms with Crippen molar-refractivity contribution in [2.45, 2.75) is 90.3 Å². The first-order chi connectivity index (χ1) is 18.1. The summed E-state index contributed by atoms with van der Waals surface area (Å²) in [6.45, 7) is 15.1. The van der Waals surface area contributed by atoms with Gasteiger partial charge in [0.15, 0.2) is 0 Å². The Morgan fingerprint density at radius 1 is 0.658 bits per heavy atom. The molecule has 0 N–H and O–H groups in total. The number of hydrogen-bond acceptors (Lipinski definition) is 4. The molecular formula is C34H44N2O2-2. The number of unbranched alkanes of at least 4 members (excludes halogenated alkanes) is 2. The Kier molecular flexibility index (Phi) is 7.26. The van der Waals surface area contributed by atoms with E-state index in [9.17, 15) is 10.2 Å². The minimum atomic E-state index is -0.919. The molecule has 0 bridgehead atoms. The van der Waals surface area contributed by atoms with Crippen LogP contribution in [0.3, 0.4) is 0 Å². The highest BCUT2D eigenvalue weighted by Gasteiger charge is 2.44. The van der Waals surface area contributed by atoms with Gasteiger partial charge in [0.1, 0.15) is 0 Å². The molecule has 0 atom stereocenters. The first-order valence-electron chi connectivity index (χ1n) is 14.6. The number of benzene rings is 2. The van der Waals surface area contributed by atoms with E-state index in [-0.39, 0.29) is 10.8 Å². The molecule has 2 aliphatic heterocycles. The number of fused-ring (bicyclic) bond motifs is 2. The van der Waals surface area contributed by atoms with Crippen molar-refractivity contribution in [2.24, 2.45) is 11.8 Å². The second kappa shape index (κ2) is 10.2. The van der Waals surface area contributed by atoms with Gasteiger partial charge in [0.05, 0.1) is 0 Å². The van der Waals surface area contributed by atoms with Crippen LogP contribution < -0.4 is 20.0 Å². The fourth-order valence-corrected chi connectivity index (χ4v) is 6.88. The molecule has 1 fully saturated rings. The molecule has 4 heteroatoms. The smallest absolute Gasteiger partial charge is 0.0450 e. The lowest BCUT2D eigenvalue weighted by molar-refractivity contribution is -0.550. The normalized spacial score (nSPS) is 29.1. The average molecular weight is 513 g/mol. The molecule has 2 heterocycles. The fraction of sp³-hybridized carbons (Fsp3) is 0.529. The van der Waals surface area contributed by atoms with Gasteiger partial charge in [0, 0.05) is 46.7 Å². The topological polar surface area (TPSA) is 52.6 Å². The lowest BCUT2D eigenvalue weighted by Crippen LogP contribution is -2.66. The van der Waals surface area contributed by atoms with Gasteiger partial charge in [-0.1, -0.05) is 103 Å². The summed E-state index contributed by atoms with van der Waals surface area (Å²) < 4.78 is 0. The zero-order chi connectivity index (χ0) is 27.2. The first-order valence-corrected chi connectivity index (χ1v) is 14.6. The molecule has 3 aliphatic rings. The fourth-order valence-electron chi connectivity index (χ4n) is 6.88. The SMILES string of the molecule is CCCCN1C(=CC2C([O-])C(C=C3N(CCCC)c4ccccc4C3(C)C)C2[O-])C(C)(C)c2ccccc21. The van der Waals surface area contributed by atoms with Crippen LogP contribution in [0, 0.1) is 11.8 Å². The van der Waals surface area contributed by atoms with Crippen LogP contribution in [0.15, 0.2) is 72.1 Å². The second-order valence-corrected chi connectivity index (χ2v) is 12.5. The Morgan fingerprint density at radius 2 is 1.03 bits per heavy atom. The largest absolute Gasteiger partial charge is 0.851 e. The van der Waals surface area contributed by atoms with Gasteiger partial charge in [0.2, 0.25) is 0 Å².